The predicted octanol–water partition coefficient (Wildman–Crippen LogP) is 0.594. The Morgan fingerprint density at radius 3 is 2.45 bits per heavy atom. The molecule has 0 fully saturated rings. The van der Waals surface area contributed by atoms with Gasteiger partial charge in [0.15, 0.2) is 11.1 Å². The van der Waals surface area contributed by atoms with Crippen LogP contribution in [0.3, 0.4) is 0 Å². The van der Waals surface area contributed by atoms with E-state index in [1.165, 1.54) is 24.3 Å². The molecule has 0 aromatic heterocycles. The fourth-order valence-electron chi connectivity index (χ4n) is 1.54. The first-order chi connectivity index (χ1) is 9.45. The zero-order valence-electron chi connectivity index (χ0n) is 10.2. The number of carboxylic acid groups (broad SMARTS) is 1. The number of carbonyl (C=O) groups is 2. The summed E-state index contributed by atoms with van der Waals surface area (Å²) < 4.78 is 0. The van der Waals surface area contributed by atoms with Gasteiger partial charge in [-0.25, -0.2) is 14.9 Å². The van der Waals surface area contributed by atoms with Gasteiger partial charge in [0.2, 0.25) is 0 Å². The highest BCUT2D eigenvalue weighted by atomic mass is 16.7. The van der Waals surface area contributed by atoms with Crippen LogP contribution < -0.4 is 0 Å². The van der Waals surface area contributed by atoms with Gasteiger partial charge in [0, 0.05) is 6.42 Å². The molecule has 0 spiro atoms. The van der Waals surface area contributed by atoms with Crippen molar-refractivity contribution in [3.8, 4) is 5.75 Å². The van der Waals surface area contributed by atoms with E-state index in [1.54, 1.807) is 0 Å². The lowest BCUT2D eigenvalue weighted by Gasteiger charge is -2.17. The van der Waals surface area contributed by atoms with Crippen LogP contribution >= 0.6 is 0 Å². The number of nitrogens with zero attached hydrogens (tertiary/aromatic N) is 2. The SMILES string of the molecule is O=CC=CN([C@@H](Cc1ccc(O)cc1)C(=O)O)[N+](=O)[O-]. The number of rotatable bonds is 7. The number of phenols is 1. The maximum atomic E-state index is 11.2. The van der Waals surface area contributed by atoms with Gasteiger partial charge in [-0.1, -0.05) is 17.1 Å². The minimum atomic E-state index is -1.47. The van der Waals surface area contributed by atoms with Gasteiger partial charge in [0.25, 0.3) is 0 Å². The summed E-state index contributed by atoms with van der Waals surface area (Å²) >= 11 is 0. The maximum Gasteiger partial charge on any atom is 0.333 e. The largest absolute Gasteiger partial charge is 0.508 e. The second-order valence-electron chi connectivity index (χ2n) is 3.82. The van der Waals surface area contributed by atoms with Crippen molar-refractivity contribution in [3.63, 3.8) is 0 Å². The predicted molar refractivity (Wildman–Crippen MR) is 67.3 cm³/mol. The molecule has 0 aliphatic carbocycles. The number of nitro groups is 1. The Morgan fingerprint density at radius 1 is 1.40 bits per heavy atom. The third-order valence-corrected chi connectivity index (χ3v) is 2.48. The molecule has 2 N–H and O–H groups in total. The van der Waals surface area contributed by atoms with E-state index in [9.17, 15) is 19.7 Å². The quantitative estimate of drug-likeness (QED) is 0.324. The lowest BCUT2D eigenvalue weighted by molar-refractivity contribution is -0.645. The van der Waals surface area contributed by atoms with E-state index in [0.29, 0.717) is 16.9 Å². The van der Waals surface area contributed by atoms with Crippen LogP contribution in [0.2, 0.25) is 0 Å². The van der Waals surface area contributed by atoms with Crippen molar-refractivity contribution in [2.75, 3.05) is 0 Å². The van der Waals surface area contributed by atoms with Crippen molar-refractivity contribution in [2.24, 2.45) is 0 Å². The number of aldehydes is 1. The normalized spacial score (nSPS) is 12.0. The molecule has 0 aliphatic heterocycles. The fraction of sp³-hybridized carbons (Fsp3) is 0.167. The van der Waals surface area contributed by atoms with Crippen molar-refractivity contribution < 1.29 is 24.8 Å². The van der Waals surface area contributed by atoms with Gasteiger partial charge in [-0.2, -0.15) is 0 Å². The summed E-state index contributed by atoms with van der Waals surface area (Å²) in [6.45, 7) is 0. The molecule has 0 heterocycles. The molecular weight excluding hydrogens is 268 g/mol. The molecule has 0 amide bonds. The van der Waals surface area contributed by atoms with Crippen LogP contribution in [0, 0.1) is 10.1 Å². The molecule has 0 bridgehead atoms. The Hall–Kier alpha value is -2.90. The summed E-state index contributed by atoms with van der Waals surface area (Å²) in [5.41, 5.74) is 0.501. The monoisotopic (exact) mass is 280 g/mol. The average molecular weight is 280 g/mol. The zero-order chi connectivity index (χ0) is 15.1. The molecule has 0 radical (unpaired) electrons. The van der Waals surface area contributed by atoms with Crippen LogP contribution in [-0.4, -0.2) is 38.6 Å². The number of hydrazine groups is 1. The molecule has 0 unspecified atom stereocenters. The molecular formula is C12H12N2O6. The van der Waals surface area contributed by atoms with Gasteiger partial charge in [0.1, 0.15) is 12.0 Å². The van der Waals surface area contributed by atoms with Crippen molar-refractivity contribution in [1.29, 1.82) is 0 Å². The van der Waals surface area contributed by atoms with E-state index in [4.69, 9.17) is 10.2 Å². The lowest BCUT2D eigenvalue weighted by atomic mass is 10.1. The number of carbonyl (C=O) groups excluding carboxylic acids is 1. The van der Waals surface area contributed by atoms with Crippen molar-refractivity contribution >= 4 is 12.3 Å². The second kappa shape index (κ2) is 6.88. The van der Waals surface area contributed by atoms with Crippen LogP contribution in [0.1, 0.15) is 5.56 Å². The maximum absolute atomic E-state index is 11.2. The third kappa shape index (κ3) is 4.09. The van der Waals surface area contributed by atoms with Crippen LogP contribution in [0.5, 0.6) is 5.75 Å². The summed E-state index contributed by atoms with van der Waals surface area (Å²) in [5.74, 6) is -1.39. The molecule has 1 aromatic carbocycles. The first kappa shape index (κ1) is 15.2. The van der Waals surface area contributed by atoms with Gasteiger partial charge < -0.3 is 10.2 Å². The highest BCUT2D eigenvalue weighted by Crippen LogP contribution is 2.14. The fourth-order valence-corrected chi connectivity index (χ4v) is 1.54. The van der Waals surface area contributed by atoms with Crippen molar-refractivity contribution in [1.82, 2.24) is 5.01 Å². The summed E-state index contributed by atoms with van der Waals surface area (Å²) in [4.78, 5) is 32.2. The molecule has 1 atom stereocenters. The van der Waals surface area contributed by atoms with E-state index in [1.807, 2.05) is 0 Å². The number of allylic oxidation sites excluding steroid dienone is 1. The molecule has 0 saturated heterocycles. The van der Waals surface area contributed by atoms with E-state index in [-0.39, 0.29) is 12.2 Å². The molecule has 1 rings (SSSR count). The highest BCUT2D eigenvalue weighted by Gasteiger charge is 2.31. The van der Waals surface area contributed by atoms with E-state index < -0.39 is 17.0 Å². The van der Waals surface area contributed by atoms with Crippen LogP contribution in [0.4, 0.5) is 0 Å². The third-order valence-electron chi connectivity index (χ3n) is 2.48. The van der Waals surface area contributed by atoms with Crippen LogP contribution in [0.25, 0.3) is 0 Å². The van der Waals surface area contributed by atoms with Gasteiger partial charge >= 0.3 is 5.97 Å². The number of hydrogen-bond acceptors (Lipinski definition) is 5. The summed E-state index contributed by atoms with van der Waals surface area (Å²) in [7, 11) is 0. The number of phenolic OH excluding ortho intramolecular Hbond substituents is 1. The Labute approximate surface area is 113 Å². The standard InChI is InChI=1S/C12H12N2O6/c15-7-1-6-13(14(19)20)11(12(17)18)8-9-2-4-10(16)5-3-9/h1-7,11,16H,8H2,(H,17,18)/t11-/m0/s1. The molecule has 20 heavy (non-hydrogen) atoms. The minimum Gasteiger partial charge on any atom is -0.508 e. The van der Waals surface area contributed by atoms with Gasteiger partial charge in [-0.05, 0) is 23.8 Å². The number of benzene rings is 1. The van der Waals surface area contributed by atoms with Gasteiger partial charge in [0.05, 0.1) is 6.20 Å². The zero-order valence-corrected chi connectivity index (χ0v) is 10.2. The number of hydrogen-bond donors (Lipinski definition) is 2. The average Bonchev–Trinajstić information content (AvgIpc) is 2.39. The topological polar surface area (TPSA) is 121 Å². The summed E-state index contributed by atoms with van der Waals surface area (Å²) in [6.07, 6.45) is 1.80. The number of aliphatic carboxylic acids is 1. The molecule has 1 aromatic rings. The van der Waals surface area contributed by atoms with E-state index >= 15 is 0 Å². The van der Waals surface area contributed by atoms with Crippen molar-refractivity contribution in [3.05, 3.63) is 52.2 Å². The first-order valence-electron chi connectivity index (χ1n) is 5.51. The second-order valence-corrected chi connectivity index (χ2v) is 3.82. The molecule has 0 saturated carbocycles. The van der Waals surface area contributed by atoms with Gasteiger partial charge in [-0.3, -0.25) is 4.79 Å². The highest BCUT2D eigenvalue weighted by molar-refractivity contribution is 5.74. The Bertz CT molecular complexity index is 525. The lowest BCUT2D eigenvalue weighted by Crippen LogP contribution is -2.42. The van der Waals surface area contributed by atoms with Crippen LogP contribution in [0.15, 0.2) is 36.5 Å². The van der Waals surface area contributed by atoms with E-state index in [0.717, 1.165) is 12.3 Å². The molecule has 8 nitrogen and oxygen atoms in total. The number of carboxylic acids is 1. The molecule has 0 aliphatic rings. The van der Waals surface area contributed by atoms with Crippen LogP contribution in [-0.2, 0) is 16.0 Å². The molecule has 106 valence electrons. The summed E-state index contributed by atoms with van der Waals surface area (Å²) in [6, 6.07) is 4.17. The first-order valence-corrected chi connectivity index (χ1v) is 5.51. The number of aromatic hydroxyl groups is 1. The van der Waals surface area contributed by atoms with Crippen molar-refractivity contribution in [2.45, 2.75) is 12.5 Å². The Kier molecular flexibility index (Phi) is 5.21. The van der Waals surface area contributed by atoms with E-state index in [2.05, 4.69) is 0 Å². The smallest absolute Gasteiger partial charge is 0.333 e. The molecule has 8 heteroatoms. The van der Waals surface area contributed by atoms with Gasteiger partial charge in [-0.15, -0.1) is 0 Å². The Morgan fingerprint density at radius 2 is 2.00 bits per heavy atom. The Balaban J connectivity index is 2.99. The summed E-state index contributed by atoms with van der Waals surface area (Å²) in [5, 5.41) is 28.5. The minimum absolute atomic E-state index is 0.00704.